The predicted molar refractivity (Wildman–Crippen MR) is 58.8 cm³/mol. The van der Waals surface area contributed by atoms with E-state index in [9.17, 15) is 19.2 Å². The lowest BCUT2D eigenvalue weighted by Crippen LogP contribution is -2.43. The fourth-order valence-corrected chi connectivity index (χ4v) is 2.53. The maximum absolute atomic E-state index is 11.5. The largest absolute Gasteiger partial charge is 0.480 e. The minimum atomic E-state index is -1.94. The van der Waals surface area contributed by atoms with Crippen LogP contribution in [0.4, 0.5) is 0 Å². The molecule has 1 aliphatic heterocycles. The topological polar surface area (TPSA) is 118 Å². The molecule has 0 aromatic rings. The van der Waals surface area contributed by atoms with Gasteiger partial charge >= 0.3 is 23.9 Å². The summed E-state index contributed by atoms with van der Waals surface area (Å²) in [5.41, 5.74) is -1.94. The van der Waals surface area contributed by atoms with Crippen molar-refractivity contribution in [1.29, 1.82) is 0 Å². The van der Waals surface area contributed by atoms with Gasteiger partial charge < -0.3 is 14.9 Å². The van der Waals surface area contributed by atoms with Crippen LogP contribution in [0.1, 0.15) is 19.3 Å². The van der Waals surface area contributed by atoms with E-state index >= 15 is 0 Å². The van der Waals surface area contributed by atoms with E-state index in [1.165, 1.54) is 6.08 Å². The Balaban J connectivity index is 2.26. The molecule has 1 heterocycles. The van der Waals surface area contributed by atoms with Crippen LogP contribution in [0.2, 0.25) is 0 Å². The van der Waals surface area contributed by atoms with Gasteiger partial charge in [-0.05, 0) is 18.8 Å². The molecule has 0 spiro atoms. The van der Waals surface area contributed by atoms with Crippen molar-refractivity contribution in [2.24, 2.45) is 17.3 Å². The lowest BCUT2D eigenvalue weighted by molar-refractivity contribution is -0.167. The molecule has 2 N–H and O–H groups in total. The molecule has 2 rings (SSSR count). The Hall–Kier alpha value is -2.18. The second-order valence-corrected chi connectivity index (χ2v) is 4.80. The molecule has 7 heteroatoms. The van der Waals surface area contributed by atoms with Crippen molar-refractivity contribution in [3.8, 4) is 0 Å². The standard InChI is InChI=1S/C12H12O7/c13-8-4-7(9(14)19-8)6-2-1-3-12(5-6,10(15)16)11(17)18/h1-2,6-7H,3-5H2,(H,15,16)(H,17,18). The van der Waals surface area contributed by atoms with Crippen LogP contribution in [0.15, 0.2) is 12.2 Å². The second-order valence-electron chi connectivity index (χ2n) is 4.80. The number of ether oxygens (including phenoxy) is 1. The summed E-state index contributed by atoms with van der Waals surface area (Å²) in [5, 5.41) is 18.3. The van der Waals surface area contributed by atoms with Gasteiger partial charge in [-0.3, -0.25) is 19.2 Å². The van der Waals surface area contributed by atoms with Crippen LogP contribution in [0, 0.1) is 17.3 Å². The van der Waals surface area contributed by atoms with Crippen molar-refractivity contribution in [3.63, 3.8) is 0 Å². The lowest BCUT2D eigenvalue weighted by Gasteiger charge is -2.31. The van der Waals surface area contributed by atoms with E-state index in [4.69, 9.17) is 10.2 Å². The number of carbonyl (C=O) groups excluding carboxylic acids is 2. The monoisotopic (exact) mass is 268 g/mol. The first-order valence-corrected chi connectivity index (χ1v) is 5.75. The third-order valence-corrected chi connectivity index (χ3v) is 3.67. The van der Waals surface area contributed by atoms with E-state index in [1.54, 1.807) is 6.08 Å². The Morgan fingerprint density at radius 2 is 1.89 bits per heavy atom. The number of cyclic esters (lactones) is 2. The highest BCUT2D eigenvalue weighted by molar-refractivity contribution is 5.99. The molecule has 0 amide bonds. The lowest BCUT2D eigenvalue weighted by atomic mass is 9.69. The molecule has 2 aliphatic rings. The molecule has 0 aromatic carbocycles. The number of esters is 2. The molecule has 1 saturated heterocycles. The van der Waals surface area contributed by atoms with Crippen LogP contribution in [0.25, 0.3) is 0 Å². The highest BCUT2D eigenvalue weighted by Crippen LogP contribution is 2.41. The smallest absolute Gasteiger partial charge is 0.321 e. The fraction of sp³-hybridized carbons (Fsp3) is 0.500. The summed E-state index contributed by atoms with van der Waals surface area (Å²) in [6, 6.07) is 0. The fourth-order valence-electron chi connectivity index (χ4n) is 2.53. The number of hydrogen-bond acceptors (Lipinski definition) is 5. The van der Waals surface area contributed by atoms with Crippen LogP contribution < -0.4 is 0 Å². The molecule has 1 aliphatic carbocycles. The summed E-state index contributed by atoms with van der Waals surface area (Å²) in [6.45, 7) is 0. The van der Waals surface area contributed by atoms with Crippen molar-refractivity contribution in [1.82, 2.24) is 0 Å². The van der Waals surface area contributed by atoms with Crippen LogP contribution in [-0.2, 0) is 23.9 Å². The van der Waals surface area contributed by atoms with Crippen LogP contribution in [0.5, 0.6) is 0 Å². The van der Waals surface area contributed by atoms with Gasteiger partial charge in [0.05, 0.1) is 12.3 Å². The van der Waals surface area contributed by atoms with Gasteiger partial charge in [0.25, 0.3) is 0 Å². The van der Waals surface area contributed by atoms with Gasteiger partial charge in [-0.2, -0.15) is 0 Å². The second kappa shape index (κ2) is 4.49. The first kappa shape index (κ1) is 13.3. The zero-order valence-corrected chi connectivity index (χ0v) is 9.87. The van der Waals surface area contributed by atoms with E-state index in [-0.39, 0.29) is 19.3 Å². The normalized spacial score (nSPS) is 29.1. The number of carboxylic acid groups (broad SMARTS) is 2. The average Bonchev–Trinajstić information content (AvgIpc) is 2.68. The highest BCUT2D eigenvalue weighted by atomic mass is 16.6. The molecule has 1 fully saturated rings. The number of allylic oxidation sites excluding steroid dienone is 2. The molecular formula is C12H12O7. The third kappa shape index (κ3) is 2.11. The van der Waals surface area contributed by atoms with Gasteiger partial charge in [-0.15, -0.1) is 0 Å². The minimum Gasteiger partial charge on any atom is -0.480 e. The molecule has 0 saturated carbocycles. The molecule has 7 nitrogen and oxygen atoms in total. The minimum absolute atomic E-state index is 0.135. The molecular weight excluding hydrogens is 256 g/mol. The van der Waals surface area contributed by atoms with Gasteiger partial charge in [0.15, 0.2) is 5.41 Å². The summed E-state index contributed by atoms with van der Waals surface area (Å²) in [4.78, 5) is 45.0. The van der Waals surface area contributed by atoms with E-state index < -0.39 is 41.1 Å². The van der Waals surface area contributed by atoms with Gasteiger partial charge in [0.2, 0.25) is 0 Å². The van der Waals surface area contributed by atoms with Gasteiger partial charge in [0, 0.05) is 0 Å². The SMILES string of the molecule is O=C1CC(C2C=CCC(C(=O)O)(C(=O)O)C2)C(=O)O1. The van der Waals surface area contributed by atoms with E-state index in [1.807, 2.05) is 0 Å². The Morgan fingerprint density at radius 1 is 1.26 bits per heavy atom. The maximum atomic E-state index is 11.5. The van der Waals surface area contributed by atoms with Crippen molar-refractivity contribution >= 4 is 23.9 Å². The molecule has 0 aromatic heterocycles. The van der Waals surface area contributed by atoms with Gasteiger partial charge in [-0.1, -0.05) is 12.2 Å². The van der Waals surface area contributed by atoms with Crippen LogP contribution in [0.3, 0.4) is 0 Å². The Bertz CT molecular complexity index is 476. The van der Waals surface area contributed by atoms with E-state index in [0.717, 1.165) is 0 Å². The summed E-state index contributed by atoms with van der Waals surface area (Å²) in [5.74, 6) is -5.66. The van der Waals surface area contributed by atoms with E-state index in [0.29, 0.717) is 0 Å². The molecule has 0 bridgehead atoms. The summed E-state index contributed by atoms with van der Waals surface area (Å²) < 4.78 is 4.41. The Morgan fingerprint density at radius 3 is 2.37 bits per heavy atom. The number of rotatable bonds is 3. The van der Waals surface area contributed by atoms with Crippen molar-refractivity contribution in [2.45, 2.75) is 19.3 Å². The number of hydrogen-bond donors (Lipinski definition) is 2. The molecule has 2 unspecified atom stereocenters. The zero-order valence-electron chi connectivity index (χ0n) is 9.87. The number of carbonyl (C=O) groups is 4. The third-order valence-electron chi connectivity index (χ3n) is 3.67. The van der Waals surface area contributed by atoms with Gasteiger partial charge in [-0.25, -0.2) is 0 Å². The Labute approximate surface area is 107 Å². The summed E-state index contributed by atoms with van der Waals surface area (Å²) >= 11 is 0. The zero-order chi connectivity index (χ0) is 14.2. The van der Waals surface area contributed by atoms with E-state index in [2.05, 4.69) is 4.74 Å². The molecule has 19 heavy (non-hydrogen) atoms. The molecule has 102 valence electrons. The number of carboxylic acids is 2. The maximum Gasteiger partial charge on any atom is 0.321 e. The average molecular weight is 268 g/mol. The van der Waals surface area contributed by atoms with Crippen LogP contribution in [-0.4, -0.2) is 34.1 Å². The quantitative estimate of drug-likeness (QED) is 0.426. The van der Waals surface area contributed by atoms with Crippen molar-refractivity contribution < 1.29 is 34.1 Å². The highest BCUT2D eigenvalue weighted by Gasteiger charge is 2.51. The summed E-state index contributed by atoms with van der Waals surface area (Å²) in [7, 11) is 0. The number of aliphatic carboxylic acids is 2. The molecule has 2 atom stereocenters. The first-order valence-electron chi connectivity index (χ1n) is 5.75. The van der Waals surface area contributed by atoms with Gasteiger partial charge in [0.1, 0.15) is 0 Å². The Kier molecular flexibility index (Phi) is 3.13. The molecule has 0 radical (unpaired) electrons. The van der Waals surface area contributed by atoms with Crippen LogP contribution >= 0.6 is 0 Å². The summed E-state index contributed by atoms with van der Waals surface area (Å²) in [6.07, 6.45) is 2.54. The predicted octanol–water partition coefficient (Wildman–Crippen LogP) is 0.198. The van der Waals surface area contributed by atoms with Crippen molar-refractivity contribution in [2.75, 3.05) is 0 Å². The van der Waals surface area contributed by atoms with Crippen molar-refractivity contribution in [3.05, 3.63) is 12.2 Å². The first-order chi connectivity index (χ1) is 8.86.